The second-order valence-corrected chi connectivity index (χ2v) is 9.15. The Morgan fingerprint density at radius 1 is 1.24 bits per heavy atom. The van der Waals surface area contributed by atoms with E-state index in [1.807, 2.05) is 0 Å². The van der Waals surface area contributed by atoms with Crippen LogP contribution in [0.15, 0.2) is 24.3 Å². The van der Waals surface area contributed by atoms with Crippen molar-refractivity contribution in [3.05, 3.63) is 35.4 Å². The molecule has 1 saturated carbocycles. The molecule has 0 atom stereocenters. The quantitative estimate of drug-likeness (QED) is 0.372. The Morgan fingerprint density at radius 2 is 2.00 bits per heavy atom. The van der Waals surface area contributed by atoms with Crippen molar-refractivity contribution in [1.29, 1.82) is 0 Å². The van der Waals surface area contributed by atoms with Gasteiger partial charge in [-0.2, -0.15) is 9.97 Å². The van der Waals surface area contributed by atoms with Crippen LogP contribution in [0.4, 0.5) is 17.3 Å². The lowest BCUT2D eigenvalue weighted by atomic mass is 10.1. The number of likely N-dealkylation sites (tertiary alicyclic amines) is 1. The minimum Gasteiger partial charge on any atom is -0.463 e. The standard InChI is InChI=1S/C25H36N6O2/c1-3-4-14-33-24-28-22(26)21(27-2)23(29-24)31(25(18-32)10-11-25)17-20-9-7-8-19(15-20)16-30-12-5-6-13-30/h7-9,15,18,27H,3-6,10-14,16-17H2,1-2H3,(H2,26,28,29). The molecule has 33 heavy (non-hydrogen) atoms. The number of unbranched alkanes of at least 4 members (excludes halogenated alkanes) is 1. The number of anilines is 3. The maximum absolute atomic E-state index is 12.2. The SMILES string of the molecule is CCCCOc1nc(N)c(NC)c(N(Cc2cccc(CN3CCCC3)c2)C2(C=O)CC2)n1. The molecule has 0 unspecified atom stereocenters. The zero-order valence-electron chi connectivity index (χ0n) is 19.8. The number of carbonyl (C=O) groups is 1. The smallest absolute Gasteiger partial charge is 0.320 e. The summed E-state index contributed by atoms with van der Waals surface area (Å²) in [5.74, 6) is 0.939. The van der Waals surface area contributed by atoms with Gasteiger partial charge in [-0.05, 0) is 56.3 Å². The van der Waals surface area contributed by atoms with E-state index in [1.165, 1.54) is 18.4 Å². The number of benzene rings is 1. The number of rotatable bonds is 12. The largest absolute Gasteiger partial charge is 0.463 e. The Bertz CT molecular complexity index is 956. The van der Waals surface area contributed by atoms with Crippen LogP contribution in [-0.4, -0.2) is 53.4 Å². The number of hydrogen-bond donors (Lipinski definition) is 2. The fourth-order valence-electron chi connectivity index (χ4n) is 4.48. The molecule has 2 aromatic rings. The minimum absolute atomic E-state index is 0.254. The average Bonchev–Trinajstić information content (AvgIpc) is 3.45. The lowest BCUT2D eigenvalue weighted by molar-refractivity contribution is -0.109. The molecule has 1 aliphatic heterocycles. The topological polar surface area (TPSA) is 96.6 Å². The summed E-state index contributed by atoms with van der Waals surface area (Å²) < 4.78 is 5.78. The van der Waals surface area contributed by atoms with Crippen molar-refractivity contribution in [2.24, 2.45) is 0 Å². The molecule has 2 heterocycles. The first-order valence-corrected chi connectivity index (χ1v) is 12.1. The van der Waals surface area contributed by atoms with E-state index in [9.17, 15) is 4.79 Å². The first-order chi connectivity index (χ1) is 16.1. The Labute approximate surface area is 196 Å². The summed E-state index contributed by atoms with van der Waals surface area (Å²) in [6.07, 6.45) is 7.13. The highest BCUT2D eigenvalue weighted by atomic mass is 16.5. The number of nitrogens with zero attached hydrogens (tertiary/aromatic N) is 4. The van der Waals surface area contributed by atoms with Gasteiger partial charge in [-0.1, -0.05) is 37.6 Å². The van der Waals surface area contributed by atoms with Gasteiger partial charge in [0.05, 0.1) is 12.1 Å². The van der Waals surface area contributed by atoms with E-state index in [0.29, 0.717) is 30.5 Å². The van der Waals surface area contributed by atoms with Gasteiger partial charge in [-0.15, -0.1) is 0 Å². The second kappa shape index (κ2) is 10.4. The monoisotopic (exact) mass is 452 g/mol. The summed E-state index contributed by atoms with van der Waals surface area (Å²) in [6.45, 7) is 6.49. The van der Waals surface area contributed by atoms with Gasteiger partial charge < -0.3 is 25.5 Å². The third-order valence-corrected chi connectivity index (χ3v) is 6.59. The van der Waals surface area contributed by atoms with Crippen LogP contribution in [0.3, 0.4) is 0 Å². The highest BCUT2D eigenvalue weighted by molar-refractivity contribution is 5.83. The fourth-order valence-corrected chi connectivity index (χ4v) is 4.48. The number of carbonyl (C=O) groups excluding carboxylic acids is 1. The molecule has 1 aliphatic carbocycles. The normalized spacial score (nSPS) is 17.0. The molecule has 1 saturated heterocycles. The van der Waals surface area contributed by atoms with E-state index in [-0.39, 0.29) is 6.01 Å². The number of aromatic nitrogens is 2. The summed E-state index contributed by atoms with van der Waals surface area (Å²) in [5.41, 5.74) is 8.77. The van der Waals surface area contributed by atoms with Crippen LogP contribution in [-0.2, 0) is 17.9 Å². The van der Waals surface area contributed by atoms with E-state index in [0.717, 1.165) is 57.2 Å². The minimum atomic E-state index is -0.571. The molecule has 0 radical (unpaired) electrons. The van der Waals surface area contributed by atoms with Gasteiger partial charge in [0.1, 0.15) is 12.0 Å². The third-order valence-electron chi connectivity index (χ3n) is 6.59. The third kappa shape index (κ3) is 5.38. The highest BCUT2D eigenvalue weighted by Gasteiger charge is 2.49. The van der Waals surface area contributed by atoms with Crippen molar-refractivity contribution >= 4 is 23.6 Å². The summed E-state index contributed by atoms with van der Waals surface area (Å²) in [7, 11) is 1.80. The molecule has 8 nitrogen and oxygen atoms in total. The van der Waals surface area contributed by atoms with Gasteiger partial charge in [0.15, 0.2) is 11.6 Å². The van der Waals surface area contributed by atoms with Crippen molar-refractivity contribution in [1.82, 2.24) is 14.9 Å². The number of nitrogens with two attached hydrogens (primary N) is 1. The summed E-state index contributed by atoms with van der Waals surface area (Å²) >= 11 is 0. The predicted molar refractivity (Wildman–Crippen MR) is 132 cm³/mol. The summed E-state index contributed by atoms with van der Waals surface area (Å²) in [5, 5.41) is 3.14. The number of aldehydes is 1. The Hall–Kier alpha value is -2.87. The van der Waals surface area contributed by atoms with Gasteiger partial charge in [0, 0.05) is 20.1 Å². The highest BCUT2D eigenvalue weighted by Crippen LogP contribution is 2.46. The molecule has 3 N–H and O–H groups in total. The molecule has 0 spiro atoms. The predicted octanol–water partition coefficient (Wildman–Crippen LogP) is 3.61. The molecule has 8 heteroatoms. The number of hydrogen-bond acceptors (Lipinski definition) is 8. The first kappa shape index (κ1) is 23.3. The van der Waals surface area contributed by atoms with Crippen molar-refractivity contribution in [2.45, 2.75) is 64.1 Å². The molecule has 0 amide bonds. The van der Waals surface area contributed by atoms with Crippen LogP contribution in [0.2, 0.25) is 0 Å². The summed E-state index contributed by atoms with van der Waals surface area (Å²) in [6, 6.07) is 8.90. The number of ether oxygens (including phenoxy) is 1. The molecule has 178 valence electrons. The fraction of sp³-hybridized carbons (Fsp3) is 0.560. The lowest BCUT2D eigenvalue weighted by Gasteiger charge is -2.31. The Morgan fingerprint density at radius 3 is 2.67 bits per heavy atom. The lowest BCUT2D eigenvalue weighted by Crippen LogP contribution is -2.39. The van der Waals surface area contributed by atoms with Gasteiger partial charge in [0.25, 0.3) is 0 Å². The Kier molecular flexibility index (Phi) is 7.33. The van der Waals surface area contributed by atoms with Crippen molar-refractivity contribution in [3.63, 3.8) is 0 Å². The van der Waals surface area contributed by atoms with Crippen LogP contribution in [0.5, 0.6) is 6.01 Å². The summed E-state index contributed by atoms with van der Waals surface area (Å²) in [4.78, 5) is 25.8. The van der Waals surface area contributed by atoms with Crippen LogP contribution in [0.25, 0.3) is 0 Å². The molecule has 1 aromatic heterocycles. The van der Waals surface area contributed by atoms with Crippen LogP contribution in [0, 0.1) is 0 Å². The number of nitrogens with one attached hydrogen (secondary N) is 1. The zero-order chi connectivity index (χ0) is 23.3. The molecule has 2 aliphatic rings. The van der Waals surface area contributed by atoms with E-state index in [4.69, 9.17) is 15.5 Å². The first-order valence-electron chi connectivity index (χ1n) is 12.1. The van der Waals surface area contributed by atoms with Gasteiger partial charge in [-0.3, -0.25) is 4.90 Å². The zero-order valence-corrected chi connectivity index (χ0v) is 19.8. The van der Waals surface area contributed by atoms with Crippen molar-refractivity contribution in [3.8, 4) is 6.01 Å². The van der Waals surface area contributed by atoms with Gasteiger partial charge in [-0.25, -0.2) is 0 Å². The van der Waals surface area contributed by atoms with Gasteiger partial charge in [0.2, 0.25) is 0 Å². The maximum Gasteiger partial charge on any atom is 0.320 e. The second-order valence-electron chi connectivity index (χ2n) is 9.15. The molecule has 0 bridgehead atoms. The van der Waals surface area contributed by atoms with E-state index in [1.54, 1.807) is 7.05 Å². The molecular formula is C25H36N6O2. The molecule has 1 aromatic carbocycles. The van der Waals surface area contributed by atoms with Crippen molar-refractivity contribution in [2.75, 3.05) is 42.7 Å². The molecular weight excluding hydrogens is 416 g/mol. The van der Waals surface area contributed by atoms with E-state index < -0.39 is 5.54 Å². The maximum atomic E-state index is 12.2. The van der Waals surface area contributed by atoms with Crippen molar-refractivity contribution < 1.29 is 9.53 Å². The van der Waals surface area contributed by atoms with Crippen LogP contribution >= 0.6 is 0 Å². The van der Waals surface area contributed by atoms with E-state index in [2.05, 4.69) is 51.3 Å². The van der Waals surface area contributed by atoms with Gasteiger partial charge >= 0.3 is 6.01 Å². The Balaban J connectivity index is 1.64. The van der Waals surface area contributed by atoms with Crippen LogP contribution < -0.4 is 20.7 Å². The van der Waals surface area contributed by atoms with Crippen LogP contribution in [0.1, 0.15) is 56.6 Å². The molecule has 2 fully saturated rings. The number of nitrogen functional groups attached to an aromatic ring is 1. The van der Waals surface area contributed by atoms with E-state index >= 15 is 0 Å². The molecule has 4 rings (SSSR count). The average molecular weight is 453 g/mol.